The average molecular weight is 619 g/mol. The third-order valence-electron chi connectivity index (χ3n) is 8.52. The van der Waals surface area contributed by atoms with Crippen LogP contribution in [-0.4, -0.2) is 15.0 Å². The van der Waals surface area contributed by atoms with Gasteiger partial charge < -0.3 is 0 Å². The summed E-state index contributed by atoms with van der Waals surface area (Å²) in [7, 11) is 0. The lowest BCUT2D eigenvalue weighted by Crippen LogP contribution is -2.00. The van der Waals surface area contributed by atoms with Crippen LogP contribution < -0.4 is 0 Å². The average Bonchev–Trinajstić information content (AvgIpc) is 3.23. The van der Waals surface area contributed by atoms with E-state index in [1.165, 1.54) is 0 Å². The number of hydrogen-bond donors (Lipinski definition) is 0. The number of benzene rings is 8. The van der Waals surface area contributed by atoms with Gasteiger partial charge in [-0.25, -0.2) is 15.0 Å². The summed E-state index contributed by atoms with van der Waals surface area (Å²) < 4.78 is 60.6. The molecule has 9 aromatic rings. The Hall–Kier alpha value is -6.45. The summed E-state index contributed by atoms with van der Waals surface area (Å²) in [5.74, 6) is 0.525. The highest BCUT2D eigenvalue weighted by Gasteiger charge is 2.14. The maximum absolute atomic E-state index is 9.20. The highest BCUT2D eigenvalue weighted by molar-refractivity contribution is 5.92. The van der Waals surface area contributed by atoms with Crippen molar-refractivity contribution in [1.29, 1.82) is 0 Å². The zero-order valence-corrected chi connectivity index (χ0v) is 25.5. The third-order valence-corrected chi connectivity index (χ3v) is 8.52. The predicted octanol–water partition coefficient (Wildman–Crippen LogP) is 11.7. The lowest BCUT2D eigenvalue weighted by atomic mass is 9.97. The molecule has 224 valence electrons. The first-order valence-corrected chi connectivity index (χ1v) is 15.6. The second-order valence-electron chi connectivity index (χ2n) is 11.6. The third kappa shape index (κ3) is 5.28. The molecule has 48 heavy (non-hydrogen) atoms. The second kappa shape index (κ2) is 11.7. The van der Waals surface area contributed by atoms with E-state index in [1.54, 1.807) is 0 Å². The van der Waals surface area contributed by atoms with Gasteiger partial charge in [0.15, 0.2) is 17.5 Å². The van der Waals surface area contributed by atoms with Crippen molar-refractivity contribution in [3.63, 3.8) is 0 Å². The van der Waals surface area contributed by atoms with E-state index in [1.807, 2.05) is 84.9 Å². The van der Waals surface area contributed by atoms with Gasteiger partial charge in [-0.3, -0.25) is 0 Å². The largest absolute Gasteiger partial charge is 0.208 e. The van der Waals surface area contributed by atoms with Gasteiger partial charge in [-0.05, 0) is 84.9 Å². The van der Waals surface area contributed by atoms with E-state index in [2.05, 4.69) is 48.5 Å². The fourth-order valence-corrected chi connectivity index (χ4v) is 6.04. The number of fused-ring (bicyclic) bond motifs is 3. The summed E-state index contributed by atoms with van der Waals surface area (Å²) in [6.07, 6.45) is 0. The molecule has 0 N–H and O–H groups in total. The van der Waals surface area contributed by atoms with E-state index in [4.69, 9.17) is 23.2 Å². The van der Waals surface area contributed by atoms with E-state index >= 15 is 0 Å². The zero-order valence-electron chi connectivity index (χ0n) is 32.5. The topological polar surface area (TPSA) is 38.7 Å². The lowest BCUT2D eigenvalue weighted by molar-refractivity contribution is 1.08. The summed E-state index contributed by atoms with van der Waals surface area (Å²) in [5.41, 5.74) is 5.45. The normalized spacial score (nSPS) is 13.4. The van der Waals surface area contributed by atoms with Crippen molar-refractivity contribution in [3.05, 3.63) is 176 Å². The molecule has 0 radical (unpaired) electrons. The summed E-state index contributed by atoms with van der Waals surface area (Å²) in [6, 6.07) is 41.4. The van der Waals surface area contributed by atoms with Gasteiger partial charge in [0.25, 0.3) is 0 Å². The smallest absolute Gasteiger partial charge is 0.164 e. The van der Waals surface area contributed by atoms with Crippen molar-refractivity contribution < 1.29 is 9.60 Å². The number of hydrogen-bond acceptors (Lipinski definition) is 3. The van der Waals surface area contributed by atoms with E-state index in [9.17, 15) is 1.37 Å². The van der Waals surface area contributed by atoms with Crippen molar-refractivity contribution >= 4 is 32.3 Å². The highest BCUT2D eigenvalue weighted by Crippen LogP contribution is 2.32. The minimum Gasteiger partial charge on any atom is -0.208 e. The Labute approximate surface area is 288 Å². The van der Waals surface area contributed by atoms with Crippen LogP contribution in [0.5, 0.6) is 0 Å². The standard InChI is InChI=1S/C45H29N3/c1-2-9-30(10-3-1)36-19-20-39-26-37(21-22-38(39)25-36)35-15-8-16-40(29-35)43-46-44(41-23-17-31-11-4-6-13-33(31)27-41)48-45(47-43)42-24-18-32-12-5-7-14-34(32)28-42/h1-29H/i4D,6D,11D,13D,17D,23D,27D. The number of nitrogens with zero attached hydrogens (tertiary/aromatic N) is 3. The van der Waals surface area contributed by atoms with Crippen LogP contribution in [0.4, 0.5) is 0 Å². The Bertz CT molecular complexity index is 3020. The van der Waals surface area contributed by atoms with Crippen LogP contribution in [0, 0.1) is 0 Å². The van der Waals surface area contributed by atoms with Crippen molar-refractivity contribution in [3.8, 4) is 56.4 Å². The fraction of sp³-hybridized carbons (Fsp3) is 0. The molecule has 8 aromatic carbocycles. The van der Waals surface area contributed by atoms with Crippen molar-refractivity contribution in [2.24, 2.45) is 0 Å². The second-order valence-corrected chi connectivity index (χ2v) is 11.6. The molecule has 1 aromatic heterocycles. The minimum absolute atomic E-state index is 0.0451. The van der Waals surface area contributed by atoms with Gasteiger partial charge >= 0.3 is 0 Å². The molecule has 0 bridgehead atoms. The summed E-state index contributed by atoms with van der Waals surface area (Å²) in [6.45, 7) is 0. The molecule has 0 aliphatic heterocycles. The van der Waals surface area contributed by atoms with Gasteiger partial charge in [0.05, 0.1) is 9.60 Å². The highest BCUT2D eigenvalue weighted by atomic mass is 15.0. The molecule has 0 spiro atoms. The summed E-state index contributed by atoms with van der Waals surface area (Å²) in [5, 5.41) is 3.86. The molecule has 3 heteroatoms. The number of rotatable bonds is 5. The molecule has 1 heterocycles. The quantitative estimate of drug-likeness (QED) is 0.193. The molecule has 9 rings (SSSR count). The molecule has 0 saturated heterocycles. The fourth-order valence-electron chi connectivity index (χ4n) is 6.04. The lowest BCUT2D eigenvalue weighted by Gasteiger charge is -2.11. The molecule has 0 aliphatic carbocycles. The van der Waals surface area contributed by atoms with Crippen LogP contribution in [0.15, 0.2) is 176 Å². The molecule has 0 atom stereocenters. The Morgan fingerprint density at radius 2 is 0.812 bits per heavy atom. The molecule has 3 nitrogen and oxygen atoms in total. The molecule has 0 saturated carbocycles. The Morgan fingerprint density at radius 3 is 1.58 bits per heavy atom. The van der Waals surface area contributed by atoms with Crippen LogP contribution in [0.25, 0.3) is 88.7 Å². The van der Waals surface area contributed by atoms with E-state index < -0.39 is 36.3 Å². The SMILES string of the molecule is [2H]c1c([2H])c([2H])c2c([2H])c(-c3nc(-c4cccc(-c5ccc6cc(-c7ccccc7)ccc6c5)c4)nc(-c4ccc5ccccc5c4)n3)c([2H])c([2H])c2c1[2H]. The Kier molecular flexibility index (Phi) is 5.22. The van der Waals surface area contributed by atoms with E-state index in [0.29, 0.717) is 11.1 Å². The van der Waals surface area contributed by atoms with Crippen molar-refractivity contribution in [2.75, 3.05) is 0 Å². The van der Waals surface area contributed by atoms with Crippen molar-refractivity contribution in [1.82, 2.24) is 15.0 Å². The number of aromatic nitrogens is 3. The van der Waals surface area contributed by atoms with Crippen LogP contribution in [0.1, 0.15) is 9.60 Å². The minimum atomic E-state index is -0.526. The van der Waals surface area contributed by atoms with Gasteiger partial charge in [-0.15, -0.1) is 0 Å². The van der Waals surface area contributed by atoms with E-state index in [0.717, 1.165) is 43.8 Å². The Balaban J connectivity index is 1.22. The molecule has 0 fully saturated rings. The first kappa shape index (κ1) is 21.4. The molecular weight excluding hydrogens is 583 g/mol. The monoisotopic (exact) mass is 618 g/mol. The van der Waals surface area contributed by atoms with Gasteiger partial charge in [-0.1, -0.05) is 145 Å². The predicted molar refractivity (Wildman–Crippen MR) is 200 cm³/mol. The molecular formula is C45H29N3. The van der Waals surface area contributed by atoms with Crippen LogP contribution in [-0.2, 0) is 0 Å². The Morgan fingerprint density at radius 1 is 0.312 bits per heavy atom. The maximum Gasteiger partial charge on any atom is 0.164 e. The van der Waals surface area contributed by atoms with Crippen LogP contribution >= 0.6 is 0 Å². The van der Waals surface area contributed by atoms with Crippen LogP contribution in [0.2, 0.25) is 0 Å². The zero-order chi connectivity index (χ0) is 38.0. The molecule has 0 unspecified atom stereocenters. The van der Waals surface area contributed by atoms with Gasteiger partial charge in [0.2, 0.25) is 0 Å². The molecule has 0 aliphatic rings. The van der Waals surface area contributed by atoms with Gasteiger partial charge in [0.1, 0.15) is 0 Å². The van der Waals surface area contributed by atoms with Crippen LogP contribution in [0.3, 0.4) is 0 Å². The summed E-state index contributed by atoms with van der Waals surface area (Å²) >= 11 is 0. The van der Waals surface area contributed by atoms with Gasteiger partial charge in [-0.2, -0.15) is 0 Å². The van der Waals surface area contributed by atoms with E-state index in [-0.39, 0.29) is 39.9 Å². The van der Waals surface area contributed by atoms with Gasteiger partial charge in [0, 0.05) is 16.7 Å². The first-order chi connectivity index (χ1) is 26.7. The van der Waals surface area contributed by atoms with Crippen molar-refractivity contribution in [2.45, 2.75) is 0 Å². The molecule has 0 amide bonds. The first-order valence-electron chi connectivity index (χ1n) is 19.1. The maximum atomic E-state index is 9.20. The summed E-state index contributed by atoms with van der Waals surface area (Å²) in [4.78, 5) is 14.5.